The second kappa shape index (κ2) is 13.1. The number of rotatable bonds is 3. The van der Waals surface area contributed by atoms with E-state index in [0.29, 0.717) is 0 Å². The van der Waals surface area contributed by atoms with Gasteiger partial charge in [0.05, 0.1) is 0 Å². The van der Waals surface area contributed by atoms with Gasteiger partial charge in [0.2, 0.25) is 8.32 Å². The zero-order valence-electron chi connectivity index (χ0n) is 12.7. The molecule has 0 saturated heterocycles. The molecule has 2 aliphatic carbocycles. The van der Waals surface area contributed by atoms with Crippen LogP contribution in [0.2, 0.25) is 19.6 Å². The summed E-state index contributed by atoms with van der Waals surface area (Å²) in [5.41, 5.74) is 1.26. The Morgan fingerprint density at radius 1 is 1.20 bits per heavy atom. The van der Waals surface area contributed by atoms with Crippen LogP contribution in [0.15, 0.2) is 35.6 Å². The van der Waals surface area contributed by atoms with E-state index in [1.54, 1.807) is 0 Å². The van der Waals surface area contributed by atoms with Gasteiger partial charge in [0, 0.05) is 0 Å². The molecule has 2 aliphatic rings. The first-order valence-electron chi connectivity index (χ1n) is 6.24. The van der Waals surface area contributed by atoms with E-state index >= 15 is 0 Å². The Bertz CT molecular complexity index is 359. The van der Waals surface area contributed by atoms with Crippen molar-refractivity contribution in [1.29, 1.82) is 0 Å². The van der Waals surface area contributed by atoms with Gasteiger partial charge in [0.15, 0.2) is 0 Å². The standard InChI is InChI=1S/C10H17OSi.C5H5.2ClH.Zr/c1-5-9-7-6-8-10(9)11-12(2,3)4;1-2-4-5-3-1;;;/h8H,5-6H2,1-4H3;1-3H,4H2;2*1H;/q2*-1;;;+2. The van der Waals surface area contributed by atoms with Crippen molar-refractivity contribution < 1.29 is 30.6 Å². The average molecular weight is 411 g/mol. The van der Waals surface area contributed by atoms with E-state index in [4.69, 9.17) is 4.43 Å². The molecule has 0 radical (unpaired) electrons. The maximum Gasteiger partial charge on any atom is 2.00 e. The van der Waals surface area contributed by atoms with Crippen molar-refractivity contribution in [2.75, 3.05) is 0 Å². The van der Waals surface area contributed by atoms with E-state index in [0.717, 1.165) is 25.0 Å². The summed E-state index contributed by atoms with van der Waals surface area (Å²) in [7, 11) is -1.41. The molecule has 0 aromatic heterocycles. The molecular weight excluding hydrogens is 386 g/mol. The molecule has 5 heteroatoms. The molecule has 0 bridgehead atoms. The molecule has 112 valence electrons. The fourth-order valence-corrected chi connectivity index (χ4v) is 2.42. The molecule has 1 nitrogen and oxygen atoms in total. The van der Waals surface area contributed by atoms with E-state index in [1.165, 1.54) is 5.57 Å². The van der Waals surface area contributed by atoms with Crippen LogP contribution in [-0.4, -0.2) is 8.32 Å². The summed E-state index contributed by atoms with van der Waals surface area (Å²) >= 11 is 0. The van der Waals surface area contributed by atoms with E-state index in [9.17, 15) is 0 Å². The third-order valence-electron chi connectivity index (χ3n) is 2.26. The fourth-order valence-electron chi connectivity index (χ4n) is 1.55. The SMILES string of the molecule is CCC1=[C-]CC=C1O[Si](C)(C)C.Cl.Cl.[C-]1=CC=CC1.[Zr+2]. The van der Waals surface area contributed by atoms with Gasteiger partial charge in [-0.25, -0.2) is 12.2 Å². The van der Waals surface area contributed by atoms with E-state index in [1.807, 2.05) is 12.2 Å². The summed E-state index contributed by atoms with van der Waals surface area (Å²) in [6.07, 6.45) is 17.4. The number of halogens is 2. The smallest absolute Gasteiger partial charge is 0.631 e. The molecule has 2 rings (SSSR count). The Kier molecular flexibility index (Phi) is 16.7. The van der Waals surface area contributed by atoms with Crippen molar-refractivity contribution in [3.8, 4) is 0 Å². The van der Waals surface area contributed by atoms with Gasteiger partial charge < -0.3 is 4.43 Å². The molecule has 20 heavy (non-hydrogen) atoms. The van der Waals surface area contributed by atoms with Crippen molar-refractivity contribution in [2.45, 2.75) is 45.8 Å². The molecule has 0 saturated carbocycles. The van der Waals surface area contributed by atoms with E-state index in [-0.39, 0.29) is 51.0 Å². The normalized spacial score (nSPS) is 14.8. The van der Waals surface area contributed by atoms with Crippen molar-refractivity contribution in [3.63, 3.8) is 0 Å². The maximum atomic E-state index is 5.90. The quantitative estimate of drug-likeness (QED) is 0.446. The van der Waals surface area contributed by atoms with Crippen LogP contribution in [-0.2, 0) is 30.6 Å². The van der Waals surface area contributed by atoms with Crippen molar-refractivity contribution in [2.24, 2.45) is 0 Å². The largest absolute Gasteiger partial charge is 2.00 e. The molecule has 0 fully saturated rings. The Labute approximate surface area is 156 Å². The molecule has 0 N–H and O–H groups in total. The summed E-state index contributed by atoms with van der Waals surface area (Å²) in [6.45, 7) is 8.77. The van der Waals surface area contributed by atoms with Crippen LogP contribution in [0, 0.1) is 12.2 Å². The minimum absolute atomic E-state index is 0. The van der Waals surface area contributed by atoms with Crippen LogP contribution in [0.1, 0.15) is 26.2 Å². The Balaban J connectivity index is -0.000000312. The van der Waals surface area contributed by atoms with E-state index in [2.05, 4.69) is 50.9 Å². The molecule has 0 atom stereocenters. The molecule has 0 aliphatic heterocycles. The summed E-state index contributed by atoms with van der Waals surface area (Å²) in [4.78, 5) is 0. The minimum atomic E-state index is -1.41. The first-order valence-corrected chi connectivity index (χ1v) is 9.64. The molecule has 0 aromatic rings. The number of allylic oxidation sites excluding steroid dienone is 7. The van der Waals surface area contributed by atoms with Crippen molar-refractivity contribution >= 4 is 33.1 Å². The maximum absolute atomic E-state index is 5.90. The van der Waals surface area contributed by atoms with Gasteiger partial charge in [0.1, 0.15) is 0 Å². The monoisotopic (exact) mass is 408 g/mol. The summed E-state index contributed by atoms with van der Waals surface area (Å²) in [5.74, 6) is 1.09. The van der Waals surface area contributed by atoms with Gasteiger partial charge in [-0.05, 0) is 19.6 Å². The predicted octanol–water partition coefficient (Wildman–Crippen LogP) is 5.41. The van der Waals surface area contributed by atoms with Crippen LogP contribution in [0.4, 0.5) is 0 Å². The molecule has 0 spiro atoms. The molecular formula is C15H24Cl2OSiZr. The van der Waals surface area contributed by atoms with Gasteiger partial charge in [0.25, 0.3) is 0 Å². The molecule has 0 heterocycles. The Hall–Kier alpha value is 0.440. The van der Waals surface area contributed by atoms with Crippen LogP contribution >= 0.6 is 24.8 Å². The second-order valence-electron chi connectivity index (χ2n) is 5.00. The Morgan fingerprint density at radius 2 is 1.85 bits per heavy atom. The minimum Gasteiger partial charge on any atom is -0.631 e. The number of hydrogen-bond donors (Lipinski definition) is 0. The zero-order chi connectivity index (χ0) is 12.7. The fraction of sp³-hybridized carbons (Fsp3) is 0.467. The second-order valence-corrected chi connectivity index (χ2v) is 9.43. The Morgan fingerprint density at radius 3 is 2.20 bits per heavy atom. The van der Waals surface area contributed by atoms with Crippen LogP contribution in [0.25, 0.3) is 0 Å². The molecule has 0 unspecified atom stereocenters. The summed E-state index contributed by atoms with van der Waals surface area (Å²) in [6, 6.07) is 0. The van der Waals surface area contributed by atoms with E-state index < -0.39 is 8.32 Å². The zero-order valence-corrected chi connectivity index (χ0v) is 17.7. The van der Waals surface area contributed by atoms with Gasteiger partial charge in [-0.3, -0.25) is 12.2 Å². The summed E-state index contributed by atoms with van der Waals surface area (Å²) < 4.78 is 5.90. The molecule has 0 amide bonds. The van der Waals surface area contributed by atoms with Crippen molar-refractivity contribution in [1.82, 2.24) is 0 Å². The third kappa shape index (κ3) is 11.1. The average Bonchev–Trinajstić information content (AvgIpc) is 2.87. The topological polar surface area (TPSA) is 9.23 Å². The van der Waals surface area contributed by atoms with Crippen LogP contribution < -0.4 is 0 Å². The van der Waals surface area contributed by atoms with Crippen LogP contribution in [0.5, 0.6) is 0 Å². The first-order chi connectivity index (χ1) is 8.03. The number of hydrogen-bond acceptors (Lipinski definition) is 1. The molecule has 0 aromatic carbocycles. The van der Waals surface area contributed by atoms with Gasteiger partial charge in [-0.2, -0.15) is 11.6 Å². The van der Waals surface area contributed by atoms with Crippen LogP contribution in [0.3, 0.4) is 0 Å². The van der Waals surface area contributed by atoms with Gasteiger partial charge in [-0.15, -0.1) is 43.7 Å². The van der Waals surface area contributed by atoms with Crippen molar-refractivity contribution in [3.05, 3.63) is 47.8 Å². The first kappa shape index (κ1) is 25.4. The third-order valence-corrected chi connectivity index (χ3v) is 3.09. The van der Waals surface area contributed by atoms with Gasteiger partial charge >= 0.3 is 26.2 Å². The van der Waals surface area contributed by atoms with Gasteiger partial charge in [-0.1, -0.05) is 19.1 Å². The predicted molar refractivity (Wildman–Crippen MR) is 90.2 cm³/mol. The summed E-state index contributed by atoms with van der Waals surface area (Å²) in [5, 5.41) is 0.